The molecule has 88 valence electrons. The van der Waals surface area contributed by atoms with Crippen LogP contribution < -0.4 is 4.90 Å². The summed E-state index contributed by atoms with van der Waals surface area (Å²) >= 11 is 0. The van der Waals surface area contributed by atoms with Crippen LogP contribution in [0.5, 0.6) is 0 Å². The Hall–Kier alpha value is -1.71. The number of amides is 1. The number of piperidine rings is 1. The Balaban J connectivity index is 2.04. The van der Waals surface area contributed by atoms with Gasteiger partial charge in [0.25, 0.3) is 0 Å². The first-order valence-electron chi connectivity index (χ1n) is 5.78. The van der Waals surface area contributed by atoms with Gasteiger partial charge in [-0.15, -0.1) is 0 Å². The third-order valence-corrected chi connectivity index (χ3v) is 3.72. The van der Waals surface area contributed by atoms with E-state index in [1.165, 1.54) is 23.1 Å². The molecule has 3 rings (SSSR count). The second-order valence-electron chi connectivity index (χ2n) is 4.70. The summed E-state index contributed by atoms with van der Waals surface area (Å²) in [6, 6.07) is 4.24. The summed E-state index contributed by atoms with van der Waals surface area (Å²) in [5.74, 6) is -0.376. The van der Waals surface area contributed by atoms with E-state index in [9.17, 15) is 14.0 Å². The van der Waals surface area contributed by atoms with Gasteiger partial charge in [-0.25, -0.2) is 4.39 Å². The fourth-order valence-corrected chi connectivity index (χ4v) is 2.90. The highest BCUT2D eigenvalue weighted by Gasteiger charge is 2.45. The first-order valence-corrected chi connectivity index (χ1v) is 5.78. The minimum atomic E-state index is -0.434. The minimum absolute atomic E-state index is 0.00296. The smallest absolute Gasteiger partial charge is 0.230 e. The van der Waals surface area contributed by atoms with Gasteiger partial charge < -0.3 is 4.90 Å². The maximum Gasteiger partial charge on any atom is 0.230 e. The van der Waals surface area contributed by atoms with Crippen molar-refractivity contribution >= 4 is 17.9 Å². The average molecular weight is 233 g/mol. The highest BCUT2D eigenvalue weighted by molar-refractivity contribution is 5.99. The van der Waals surface area contributed by atoms with E-state index in [1.807, 2.05) is 0 Å². The van der Waals surface area contributed by atoms with E-state index in [0.29, 0.717) is 11.8 Å². The lowest BCUT2D eigenvalue weighted by Crippen LogP contribution is -2.37. The molecule has 1 amide bonds. The summed E-state index contributed by atoms with van der Waals surface area (Å²) in [5, 5.41) is 0. The van der Waals surface area contributed by atoms with Gasteiger partial charge >= 0.3 is 0 Å². The number of carbonyl (C=O) groups excluding carboxylic acids is 2. The molecule has 3 nitrogen and oxygen atoms in total. The van der Waals surface area contributed by atoms with Crippen LogP contribution in [0.2, 0.25) is 0 Å². The number of fused-ring (bicyclic) bond motifs is 2. The van der Waals surface area contributed by atoms with E-state index in [2.05, 4.69) is 0 Å². The van der Waals surface area contributed by atoms with Crippen LogP contribution in [-0.2, 0) is 4.79 Å². The Morgan fingerprint density at radius 3 is 2.82 bits per heavy atom. The second-order valence-corrected chi connectivity index (χ2v) is 4.70. The first-order chi connectivity index (χ1) is 8.20. The maximum atomic E-state index is 13.7. The van der Waals surface area contributed by atoms with Crippen LogP contribution in [0, 0.1) is 11.7 Å². The van der Waals surface area contributed by atoms with Gasteiger partial charge in [-0.1, -0.05) is 0 Å². The number of halogens is 1. The van der Waals surface area contributed by atoms with E-state index in [4.69, 9.17) is 0 Å². The largest absolute Gasteiger partial charge is 0.306 e. The van der Waals surface area contributed by atoms with Gasteiger partial charge in [0.1, 0.15) is 12.1 Å². The fourth-order valence-electron chi connectivity index (χ4n) is 2.90. The lowest BCUT2D eigenvalue weighted by molar-refractivity contribution is -0.121. The summed E-state index contributed by atoms with van der Waals surface area (Å²) < 4.78 is 13.7. The molecular weight excluding hydrogens is 221 g/mol. The van der Waals surface area contributed by atoms with Crippen LogP contribution in [0.25, 0.3) is 0 Å². The Bertz CT molecular complexity index is 500. The first kappa shape index (κ1) is 10.4. The second kappa shape index (κ2) is 3.65. The van der Waals surface area contributed by atoms with E-state index in [1.54, 1.807) is 0 Å². The fraction of sp³-hybridized carbons (Fsp3) is 0.385. The summed E-state index contributed by atoms with van der Waals surface area (Å²) in [7, 11) is 0. The Labute approximate surface area is 98.2 Å². The summed E-state index contributed by atoms with van der Waals surface area (Å²) in [4.78, 5) is 24.2. The predicted octanol–water partition coefficient (Wildman–Crippen LogP) is 2.15. The van der Waals surface area contributed by atoms with Crippen molar-refractivity contribution in [1.82, 2.24) is 0 Å². The molecule has 0 spiro atoms. The number of hydrogen-bond acceptors (Lipinski definition) is 2. The molecular formula is C13H12FNO2. The molecule has 1 aromatic carbocycles. The van der Waals surface area contributed by atoms with Gasteiger partial charge in [0.05, 0.1) is 5.69 Å². The van der Waals surface area contributed by atoms with Crippen LogP contribution in [0.15, 0.2) is 18.2 Å². The van der Waals surface area contributed by atoms with E-state index < -0.39 is 5.82 Å². The van der Waals surface area contributed by atoms with Crippen LogP contribution in [0.3, 0.4) is 0 Å². The Morgan fingerprint density at radius 1 is 1.35 bits per heavy atom. The van der Waals surface area contributed by atoms with E-state index in [-0.39, 0.29) is 23.6 Å². The molecule has 1 aromatic rings. The molecule has 1 saturated heterocycles. The maximum absolute atomic E-state index is 13.7. The molecule has 4 heteroatoms. The van der Waals surface area contributed by atoms with E-state index >= 15 is 0 Å². The summed E-state index contributed by atoms with van der Waals surface area (Å²) in [6.45, 7) is 0. The van der Waals surface area contributed by atoms with Crippen LogP contribution in [0.1, 0.15) is 29.6 Å². The molecule has 2 unspecified atom stereocenters. The zero-order valence-corrected chi connectivity index (χ0v) is 9.23. The third kappa shape index (κ3) is 1.47. The van der Waals surface area contributed by atoms with Gasteiger partial charge in [-0.2, -0.15) is 0 Å². The predicted molar refractivity (Wildman–Crippen MR) is 60.4 cm³/mol. The summed E-state index contributed by atoms with van der Waals surface area (Å²) in [6.07, 6.45) is 3.33. The standard InChI is InChI=1S/C13H12FNO2/c14-11-4-1-8(7-16)5-12(11)15-10-3-2-9(6-10)13(15)17/h1,4-5,7,9-10H,2-3,6H2. The molecule has 0 N–H and O–H groups in total. The molecule has 1 heterocycles. The van der Waals surface area contributed by atoms with Gasteiger partial charge in [-0.3, -0.25) is 9.59 Å². The van der Waals surface area contributed by atoms with Crippen molar-refractivity contribution in [3.8, 4) is 0 Å². The number of rotatable bonds is 2. The molecule has 1 saturated carbocycles. The Kier molecular flexibility index (Phi) is 2.24. The van der Waals surface area contributed by atoms with Crippen molar-refractivity contribution < 1.29 is 14.0 Å². The molecule has 2 fully saturated rings. The quantitative estimate of drug-likeness (QED) is 0.734. The van der Waals surface area contributed by atoms with Crippen molar-refractivity contribution in [1.29, 1.82) is 0 Å². The van der Waals surface area contributed by atoms with Crippen molar-refractivity contribution in [3.05, 3.63) is 29.6 Å². The van der Waals surface area contributed by atoms with Crippen LogP contribution in [0.4, 0.5) is 10.1 Å². The monoisotopic (exact) mass is 233 g/mol. The molecule has 0 radical (unpaired) electrons. The molecule has 1 aliphatic heterocycles. The number of benzene rings is 1. The van der Waals surface area contributed by atoms with Gasteiger partial charge in [0, 0.05) is 17.5 Å². The zero-order valence-electron chi connectivity index (χ0n) is 9.23. The SMILES string of the molecule is O=Cc1ccc(F)c(N2C(=O)C3CCC2C3)c1. The minimum Gasteiger partial charge on any atom is -0.306 e. The number of anilines is 1. The number of hydrogen-bond donors (Lipinski definition) is 0. The normalized spacial score (nSPS) is 26.6. The lowest BCUT2D eigenvalue weighted by atomic mass is 10.1. The van der Waals surface area contributed by atoms with Crippen molar-refractivity contribution in [2.45, 2.75) is 25.3 Å². The topological polar surface area (TPSA) is 37.4 Å². The molecule has 1 aliphatic carbocycles. The molecule has 17 heavy (non-hydrogen) atoms. The van der Waals surface area contributed by atoms with Crippen molar-refractivity contribution in [3.63, 3.8) is 0 Å². The van der Waals surface area contributed by atoms with Crippen LogP contribution >= 0.6 is 0 Å². The van der Waals surface area contributed by atoms with Crippen molar-refractivity contribution in [2.75, 3.05) is 4.90 Å². The molecule has 2 bridgehead atoms. The molecule has 2 atom stereocenters. The van der Waals surface area contributed by atoms with Crippen LogP contribution in [-0.4, -0.2) is 18.2 Å². The zero-order chi connectivity index (χ0) is 12.0. The highest BCUT2D eigenvalue weighted by Crippen LogP contribution is 2.42. The number of aldehydes is 1. The van der Waals surface area contributed by atoms with Gasteiger partial charge in [0.2, 0.25) is 5.91 Å². The average Bonchev–Trinajstić information content (AvgIpc) is 2.91. The number of nitrogens with zero attached hydrogens (tertiary/aromatic N) is 1. The van der Waals surface area contributed by atoms with Gasteiger partial charge in [0.15, 0.2) is 0 Å². The van der Waals surface area contributed by atoms with Gasteiger partial charge in [-0.05, 0) is 37.5 Å². The highest BCUT2D eigenvalue weighted by atomic mass is 19.1. The Morgan fingerprint density at radius 2 is 2.18 bits per heavy atom. The van der Waals surface area contributed by atoms with Crippen molar-refractivity contribution in [2.24, 2.45) is 5.92 Å². The third-order valence-electron chi connectivity index (χ3n) is 3.72. The molecule has 2 aliphatic rings. The van der Waals surface area contributed by atoms with E-state index in [0.717, 1.165) is 19.3 Å². The molecule has 0 aromatic heterocycles. The lowest BCUT2D eigenvalue weighted by Gasteiger charge is -2.27. The summed E-state index contributed by atoms with van der Waals surface area (Å²) in [5.41, 5.74) is 0.656. The number of carbonyl (C=O) groups is 2.